The van der Waals surface area contributed by atoms with Crippen LogP contribution in [0.4, 0.5) is 14.5 Å². The topological polar surface area (TPSA) is 82.8 Å². The van der Waals surface area contributed by atoms with Crippen molar-refractivity contribution in [3.8, 4) is 0 Å². The number of pyridine rings is 1. The number of carbonyl (C=O) groups is 1. The first-order chi connectivity index (χ1) is 15.1. The monoisotopic (exact) mass is 443 g/mol. The minimum Gasteiger partial charge on any atom is -0.389 e. The van der Waals surface area contributed by atoms with E-state index in [1.54, 1.807) is 44.3 Å². The number of nitrogens with zero attached hydrogens (tertiary/aromatic N) is 4. The number of hydrogen-bond donors (Lipinski definition) is 2. The predicted octanol–water partition coefficient (Wildman–Crippen LogP) is 2.95. The van der Waals surface area contributed by atoms with E-state index in [0.29, 0.717) is 24.2 Å². The number of anilines is 1. The molecule has 0 unspecified atom stereocenters. The zero-order valence-electron chi connectivity index (χ0n) is 18.3. The second-order valence-corrected chi connectivity index (χ2v) is 9.07. The highest BCUT2D eigenvalue weighted by Gasteiger charge is 2.47. The van der Waals surface area contributed by atoms with E-state index in [1.807, 2.05) is 24.0 Å². The molecule has 1 amide bonds. The third kappa shape index (κ3) is 4.17. The van der Waals surface area contributed by atoms with Crippen LogP contribution in [0.1, 0.15) is 42.0 Å². The molecule has 0 spiro atoms. The molecule has 170 valence electrons. The fraction of sp³-hybridized carbons (Fsp3) is 0.435. The van der Waals surface area contributed by atoms with Crippen LogP contribution >= 0.6 is 0 Å². The van der Waals surface area contributed by atoms with Crippen molar-refractivity contribution >= 4 is 17.2 Å². The SMILES string of the molecule is Cc1cc(N2CC[C@@](c3ccccc3)(C(F)F)C2)cn2nc(C(=O)NCC(C)(C)O)nc12. The number of alkyl halides is 2. The summed E-state index contributed by atoms with van der Waals surface area (Å²) in [7, 11) is 0. The van der Waals surface area contributed by atoms with Crippen LogP contribution in [0.25, 0.3) is 5.65 Å². The van der Waals surface area contributed by atoms with Gasteiger partial charge in [0, 0.05) is 19.6 Å². The standard InChI is InChI=1S/C23H27F2N5O2/c1-15-11-17(12-30-19(15)27-18(28-30)20(31)26-13-22(2,3)32)29-10-9-23(14-29,21(24)25)16-7-5-4-6-8-16/h4-8,11-12,21,32H,9-10,13-14H2,1-3H3,(H,26,31)/t23-/m1/s1. The molecular weight excluding hydrogens is 416 g/mol. The molecule has 3 aromatic rings. The highest BCUT2D eigenvalue weighted by Crippen LogP contribution is 2.41. The number of aliphatic hydroxyl groups is 1. The maximum Gasteiger partial charge on any atom is 0.291 e. The summed E-state index contributed by atoms with van der Waals surface area (Å²) in [5, 5.41) is 16.7. The molecule has 0 aliphatic carbocycles. The van der Waals surface area contributed by atoms with Crippen LogP contribution in [0.3, 0.4) is 0 Å². The van der Waals surface area contributed by atoms with Gasteiger partial charge >= 0.3 is 0 Å². The van der Waals surface area contributed by atoms with E-state index in [0.717, 1.165) is 11.3 Å². The van der Waals surface area contributed by atoms with Crippen LogP contribution in [0.15, 0.2) is 42.6 Å². The van der Waals surface area contributed by atoms with Gasteiger partial charge in [0.1, 0.15) is 0 Å². The maximum absolute atomic E-state index is 14.2. The van der Waals surface area contributed by atoms with Crippen LogP contribution in [-0.4, -0.2) is 57.3 Å². The third-order valence-electron chi connectivity index (χ3n) is 5.92. The van der Waals surface area contributed by atoms with E-state index in [4.69, 9.17) is 0 Å². The molecule has 1 fully saturated rings. The lowest BCUT2D eigenvalue weighted by atomic mass is 9.80. The summed E-state index contributed by atoms with van der Waals surface area (Å²) in [6.45, 7) is 5.76. The summed E-state index contributed by atoms with van der Waals surface area (Å²) in [6, 6.07) is 10.8. The van der Waals surface area contributed by atoms with Gasteiger partial charge in [0.05, 0.1) is 22.9 Å². The van der Waals surface area contributed by atoms with Gasteiger partial charge in [-0.2, -0.15) is 0 Å². The quantitative estimate of drug-likeness (QED) is 0.612. The van der Waals surface area contributed by atoms with Crippen LogP contribution in [0.5, 0.6) is 0 Å². The van der Waals surface area contributed by atoms with Gasteiger partial charge in [-0.25, -0.2) is 18.3 Å². The molecule has 7 nitrogen and oxygen atoms in total. The number of halogens is 2. The molecule has 1 aromatic carbocycles. The van der Waals surface area contributed by atoms with E-state index >= 15 is 0 Å². The molecule has 4 rings (SSSR count). The molecule has 2 N–H and O–H groups in total. The Morgan fingerprint density at radius 3 is 2.69 bits per heavy atom. The number of benzene rings is 1. The van der Waals surface area contributed by atoms with Gasteiger partial charge in [0.2, 0.25) is 12.2 Å². The number of aromatic nitrogens is 3. The number of hydrogen-bond acceptors (Lipinski definition) is 5. The molecule has 32 heavy (non-hydrogen) atoms. The number of rotatable bonds is 6. The second kappa shape index (κ2) is 8.12. The van der Waals surface area contributed by atoms with Crippen molar-refractivity contribution in [2.45, 2.75) is 44.6 Å². The minimum atomic E-state index is -2.49. The first-order valence-electron chi connectivity index (χ1n) is 10.6. The van der Waals surface area contributed by atoms with Crippen LogP contribution in [0.2, 0.25) is 0 Å². The molecule has 9 heteroatoms. The van der Waals surface area contributed by atoms with Crippen molar-refractivity contribution in [2.75, 3.05) is 24.5 Å². The lowest BCUT2D eigenvalue weighted by Crippen LogP contribution is -2.38. The normalized spacial score (nSPS) is 19.2. The molecule has 0 saturated carbocycles. The summed E-state index contributed by atoms with van der Waals surface area (Å²) in [5.41, 5.74) is 0.414. The van der Waals surface area contributed by atoms with Crippen LogP contribution in [0, 0.1) is 6.92 Å². The van der Waals surface area contributed by atoms with Crippen LogP contribution < -0.4 is 10.2 Å². The van der Waals surface area contributed by atoms with Gasteiger partial charge in [-0.1, -0.05) is 30.3 Å². The summed E-state index contributed by atoms with van der Waals surface area (Å²) < 4.78 is 30.0. The summed E-state index contributed by atoms with van der Waals surface area (Å²) >= 11 is 0. The van der Waals surface area contributed by atoms with Crippen molar-refractivity contribution < 1.29 is 18.7 Å². The number of aryl methyl sites for hydroxylation is 1. The van der Waals surface area contributed by atoms with E-state index in [-0.39, 0.29) is 18.9 Å². The third-order valence-corrected chi connectivity index (χ3v) is 5.92. The van der Waals surface area contributed by atoms with Gasteiger partial charge in [-0.3, -0.25) is 4.79 Å². The zero-order chi connectivity index (χ0) is 23.1. The highest BCUT2D eigenvalue weighted by molar-refractivity contribution is 5.91. The molecule has 3 heterocycles. The largest absolute Gasteiger partial charge is 0.389 e. The molecule has 1 aliphatic rings. The molecule has 0 radical (unpaired) electrons. The van der Waals surface area contributed by atoms with Crippen molar-refractivity contribution in [2.24, 2.45) is 0 Å². The fourth-order valence-electron chi connectivity index (χ4n) is 4.14. The van der Waals surface area contributed by atoms with E-state index < -0.39 is 23.3 Å². The van der Waals surface area contributed by atoms with Crippen LogP contribution in [-0.2, 0) is 5.41 Å². The first-order valence-corrected chi connectivity index (χ1v) is 10.6. The Hall–Kier alpha value is -3.07. The number of amides is 1. The summed E-state index contributed by atoms with van der Waals surface area (Å²) in [4.78, 5) is 18.6. The maximum atomic E-state index is 14.2. The second-order valence-electron chi connectivity index (χ2n) is 9.07. The van der Waals surface area contributed by atoms with Gasteiger partial charge in [-0.05, 0) is 44.4 Å². The molecule has 0 bridgehead atoms. The summed E-state index contributed by atoms with van der Waals surface area (Å²) in [5.74, 6) is -0.499. The molecule has 1 aliphatic heterocycles. The van der Waals surface area contributed by atoms with Crippen molar-refractivity contribution in [1.29, 1.82) is 0 Å². The lowest BCUT2D eigenvalue weighted by Gasteiger charge is -2.29. The first kappa shape index (κ1) is 22.1. The van der Waals surface area contributed by atoms with Gasteiger partial charge < -0.3 is 15.3 Å². The van der Waals surface area contributed by atoms with E-state index in [1.165, 1.54) is 4.52 Å². The number of nitrogens with one attached hydrogen (secondary N) is 1. The van der Waals surface area contributed by atoms with Gasteiger partial charge in [0.25, 0.3) is 5.91 Å². The number of carbonyl (C=O) groups excluding carboxylic acids is 1. The average molecular weight is 443 g/mol. The average Bonchev–Trinajstić information content (AvgIpc) is 3.38. The van der Waals surface area contributed by atoms with Crippen molar-refractivity contribution in [3.63, 3.8) is 0 Å². The number of fused-ring (bicyclic) bond motifs is 1. The minimum absolute atomic E-state index is 0.0119. The molecule has 2 aromatic heterocycles. The Morgan fingerprint density at radius 2 is 2.03 bits per heavy atom. The van der Waals surface area contributed by atoms with E-state index in [2.05, 4.69) is 15.4 Å². The smallest absolute Gasteiger partial charge is 0.291 e. The summed E-state index contributed by atoms with van der Waals surface area (Å²) in [6.07, 6.45) is -0.431. The molecular formula is C23H27F2N5O2. The Labute approximate surface area is 185 Å². The predicted molar refractivity (Wildman–Crippen MR) is 117 cm³/mol. The lowest BCUT2D eigenvalue weighted by molar-refractivity contribution is 0.0606. The molecule has 1 saturated heterocycles. The highest BCUT2D eigenvalue weighted by atomic mass is 19.3. The Bertz CT molecular complexity index is 1130. The Morgan fingerprint density at radius 1 is 1.31 bits per heavy atom. The van der Waals surface area contributed by atoms with Crippen molar-refractivity contribution in [3.05, 3.63) is 59.5 Å². The molecule has 1 atom stereocenters. The Kier molecular flexibility index (Phi) is 5.62. The van der Waals surface area contributed by atoms with Crippen molar-refractivity contribution in [1.82, 2.24) is 19.9 Å². The Balaban J connectivity index is 1.61. The van der Waals surface area contributed by atoms with Gasteiger partial charge in [0.15, 0.2) is 5.65 Å². The van der Waals surface area contributed by atoms with E-state index in [9.17, 15) is 18.7 Å². The fourth-order valence-corrected chi connectivity index (χ4v) is 4.14. The zero-order valence-corrected chi connectivity index (χ0v) is 18.3. The van der Waals surface area contributed by atoms with Gasteiger partial charge in [-0.15, -0.1) is 5.10 Å².